The number of nitrogens with zero attached hydrogens (tertiary/aromatic N) is 1. The van der Waals surface area contributed by atoms with E-state index in [2.05, 4.69) is 18.7 Å². The molecule has 21 heavy (non-hydrogen) atoms. The molecule has 0 amide bonds. The van der Waals surface area contributed by atoms with Gasteiger partial charge in [-0.1, -0.05) is 38.1 Å². The van der Waals surface area contributed by atoms with E-state index in [1.165, 1.54) is 5.56 Å². The van der Waals surface area contributed by atoms with Gasteiger partial charge in [0.05, 0.1) is 5.92 Å². The molecule has 0 aliphatic carbocycles. The maximum absolute atomic E-state index is 11.8. The Morgan fingerprint density at radius 2 is 1.81 bits per heavy atom. The highest BCUT2D eigenvalue weighted by Crippen LogP contribution is 2.18. The Balaban J connectivity index is 2.48. The largest absolute Gasteiger partial charge is 0.475 e. The number of carbonyl (C=O) groups excluding carboxylic acids is 1. The van der Waals surface area contributed by atoms with Crippen LogP contribution in [0.15, 0.2) is 24.3 Å². The van der Waals surface area contributed by atoms with E-state index >= 15 is 0 Å². The topological polar surface area (TPSA) is 75.8 Å². The van der Waals surface area contributed by atoms with Crippen LogP contribution in [-0.2, 0) is 20.8 Å². The van der Waals surface area contributed by atoms with Gasteiger partial charge in [-0.25, -0.2) is 5.21 Å². The zero-order valence-corrected chi connectivity index (χ0v) is 12.6. The molecule has 0 aliphatic heterocycles. The van der Waals surface area contributed by atoms with Crippen molar-refractivity contribution < 1.29 is 24.7 Å². The number of esters is 1. The highest BCUT2D eigenvalue weighted by molar-refractivity contribution is 5.77. The van der Waals surface area contributed by atoms with Gasteiger partial charge in [0.1, 0.15) is 11.5 Å². The molecule has 0 bridgehead atoms. The van der Waals surface area contributed by atoms with Crippen LogP contribution in [0.5, 0.6) is 0 Å². The summed E-state index contributed by atoms with van der Waals surface area (Å²) in [6.45, 7) is 5.79. The molecule has 0 aliphatic rings. The minimum atomic E-state index is -0.662. The fourth-order valence-corrected chi connectivity index (χ4v) is 1.93. The number of rotatable bonds is 8. The van der Waals surface area contributed by atoms with Gasteiger partial charge in [-0.2, -0.15) is 4.84 Å². The summed E-state index contributed by atoms with van der Waals surface area (Å²) in [5.74, 6) is -0.202. The average molecular weight is 296 g/mol. The molecule has 1 unspecified atom stereocenters. The van der Waals surface area contributed by atoms with Crippen LogP contribution in [0.4, 0.5) is 0 Å². The van der Waals surface area contributed by atoms with E-state index in [-0.39, 0.29) is 13.2 Å². The zero-order chi connectivity index (χ0) is 15.8. The molecule has 0 aromatic heterocycles. The number of ether oxygens (including phenoxy) is 1. The molecular weight excluding hydrogens is 274 g/mol. The molecule has 116 valence electrons. The van der Waals surface area contributed by atoms with Crippen molar-refractivity contribution in [1.29, 1.82) is 0 Å². The van der Waals surface area contributed by atoms with Gasteiger partial charge in [0.15, 0.2) is 0 Å². The van der Waals surface area contributed by atoms with Gasteiger partial charge >= 0.3 is 11.1 Å². The highest BCUT2D eigenvalue weighted by Gasteiger charge is 2.17. The van der Waals surface area contributed by atoms with E-state index in [0.29, 0.717) is 5.92 Å². The molecule has 1 N–H and O–H groups in total. The molecule has 1 aromatic carbocycles. The summed E-state index contributed by atoms with van der Waals surface area (Å²) in [5, 5.41) is 7.55. The van der Waals surface area contributed by atoms with E-state index in [1.807, 2.05) is 24.3 Å². The first-order valence-corrected chi connectivity index (χ1v) is 6.94. The average Bonchev–Trinajstić information content (AvgIpc) is 2.42. The van der Waals surface area contributed by atoms with Crippen molar-refractivity contribution in [1.82, 2.24) is 0 Å². The van der Waals surface area contributed by atoms with E-state index in [9.17, 15) is 9.70 Å². The zero-order valence-electron chi connectivity index (χ0n) is 12.6. The molecule has 0 saturated carbocycles. The predicted molar refractivity (Wildman–Crippen MR) is 75.7 cm³/mol. The molecule has 1 atom stereocenters. The third-order valence-electron chi connectivity index (χ3n) is 3.01. The Morgan fingerprint density at radius 3 is 2.33 bits per heavy atom. The molecule has 6 nitrogen and oxygen atoms in total. The smallest absolute Gasteiger partial charge is 0.461 e. The lowest BCUT2D eigenvalue weighted by Crippen LogP contribution is -2.17. The Kier molecular flexibility index (Phi) is 6.65. The van der Waals surface area contributed by atoms with Crippen LogP contribution >= 0.6 is 0 Å². The fourth-order valence-electron chi connectivity index (χ4n) is 1.93. The number of benzene rings is 1. The third kappa shape index (κ3) is 6.25. The summed E-state index contributed by atoms with van der Waals surface area (Å²) in [5.41, 5.74) is 2.11. The first-order valence-electron chi connectivity index (χ1n) is 6.94. The van der Waals surface area contributed by atoms with Gasteiger partial charge in [0.25, 0.3) is 0 Å². The van der Waals surface area contributed by atoms with Gasteiger partial charge in [-0.15, -0.1) is 0 Å². The number of carbonyl (C=O) groups is 1. The van der Waals surface area contributed by atoms with Gasteiger partial charge in [0.2, 0.25) is 6.61 Å². The Morgan fingerprint density at radius 1 is 1.19 bits per heavy atom. The molecule has 6 heteroatoms. The van der Waals surface area contributed by atoms with Crippen LogP contribution in [0, 0.1) is 10.8 Å². The fraction of sp³-hybridized carbons (Fsp3) is 0.533. The van der Waals surface area contributed by atoms with Crippen LogP contribution < -0.4 is 0 Å². The predicted octanol–water partition coefficient (Wildman–Crippen LogP) is 2.63. The molecule has 0 radical (unpaired) electrons. The van der Waals surface area contributed by atoms with Crippen molar-refractivity contribution in [2.75, 3.05) is 13.2 Å². The Hall–Kier alpha value is -2.11. The van der Waals surface area contributed by atoms with E-state index < -0.39 is 17.0 Å². The molecular formula is C15H22NO5+. The summed E-state index contributed by atoms with van der Waals surface area (Å²) in [6, 6.07) is 7.88. The quantitative estimate of drug-likeness (QED) is 0.453. The number of hydrogen-bond acceptors (Lipinski definition) is 4. The van der Waals surface area contributed by atoms with Crippen molar-refractivity contribution in [3.8, 4) is 0 Å². The van der Waals surface area contributed by atoms with Gasteiger partial charge < -0.3 is 4.74 Å². The van der Waals surface area contributed by atoms with Crippen molar-refractivity contribution in [2.45, 2.75) is 33.1 Å². The van der Waals surface area contributed by atoms with Crippen molar-refractivity contribution in [3.63, 3.8) is 0 Å². The normalized spacial score (nSPS) is 12.0. The summed E-state index contributed by atoms with van der Waals surface area (Å²) in [6.07, 6.45) is 1.00. The van der Waals surface area contributed by atoms with Gasteiger partial charge in [-0.3, -0.25) is 4.79 Å². The lowest BCUT2D eigenvalue weighted by molar-refractivity contribution is -0.975. The summed E-state index contributed by atoms with van der Waals surface area (Å²) in [7, 11) is 0. The van der Waals surface area contributed by atoms with Crippen molar-refractivity contribution in [3.05, 3.63) is 40.3 Å². The standard InChI is InChI=1S/C15H22NO5/c1-11(2)10-13-4-6-14(7-5-13)12(3)15(17)20-8-9-21-16(18)19/h4-7,11-12H,8-10H2,1-3H3,(H,18,19)/q+1. The van der Waals surface area contributed by atoms with Crippen LogP contribution in [0.1, 0.15) is 37.8 Å². The SMILES string of the molecule is CC(C)Cc1ccc(C(C)C(=O)OCCO[N+](=O)O)cc1. The lowest BCUT2D eigenvalue weighted by atomic mass is 9.97. The van der Waals surface area contributed by atoms with Gasteiger partial charge in [0, 0.05) is 0 Å². The Bertz CT molecular complexity index is 469. The molecule has 1 rings (SSSR count). The summed E-state index contributed by atoms with van der Waals surface area (Å²) >= 11 is 0. The highest BCUT2D eigenvalue weighted by atomic mass is 17.0. The lowest BCUT2D eigenvalue weighted by Gasteiger charge is -2.12. The van der Waals surface area contributed by atoms with Crippen molar-refractivity contribution in [2.24, 2.45) is 5.92 Å². The van der Waals surface area contributed by atoms with Crippen LogP contribution in [0.25, 0.3) is 0 Å². The van der Waals surface area contributed by atoms with E-state index in [4.69, 9.17) is 9.94 Å². The molecule has 0 spiro atoms. The molecule has 1 aromatic rings. The van der Waals surface area contributed by atoms with E-state index in [1.54, 1.807) is 6.92 Å². The van der Waals surface area contributed by atoms with Crippen molar-refractivity contribution >= 4 is 5.97 Å². The Labute approximate surface area is 124 Å². The van der Waals surface area contributed by atoms with Crippen LogP contribution in [0.3, 0.4) is 0 Å². The first kappa shape index (κ1) is 16.9. The molecule has 0 heterocycles. The second-order valence-electron chi connectivity index (χ2n) is 5.30. The minimum Gasteiger partial charge on any atom is -0.461 e. The second kappa shape index (κ2) is 8.24. The maximum atomic E-state index is 11.8. The first-order chi connectivity index (χ1) is 9.90. The molecule has 0 fully saturated rings. The minimum absolute atomic E-state index is 0.0894. The third-order valence-corrected chi connectivity index (χ3v) is 3.01. The maximum Gasteiger partial charge on any atom is 0.475 e. The number of hydrogen-bond donors (Lipinski definition) is 1. The van der Waals surface area contributed by atoms with E-state index in [0.717, 1.165) is 12.0 Å². The second-order valence-corrected chi connectivity index (χ2v) is 5.30. The summed E-state index contributed by atoms with van der Waals surface area (Å²) < 4.78 is 4.96. The van der Waals surface area contributed by atoms with Crippen LogP contribution in [-0.4, -0.2) is 29.5 Å². The molecule has 0 saturated heterocycles. The summed E-state index contributed by atoms with van der Waals surface area (Å²) in [4.78, 5) is 26.1. The monoisotopic (exact) mass is 296 g/mol. The van der Waals surface area contributed by atoms with Crippen LogP contribution in [0.2, 0.25) is 0 Å². The van der Waals surface area contributed by atoms with Gasteiger partial charge in [-0.05, 0) is 30.4 Å².